The molecule has 2 amide bonds. The molecule has 0 bridgehead atoms. The third-order valence-electron chi connectivity index (χ3n) is 8.37. The summed E-state index contributed by atoms with van der Waals surface area (Å²) in [5.74, 6) is -0.101. The number of piperazine rings is 1. The zero-order valence-corrected chi connectivity index (χ0v) is 23.8. The second-order valence-electron chi connectivity index (χ2n) is 11.0. The van der Waals surface area contributed by atoms with Gasteiger partial charge >= 0.3 is 0 Å². The second kappa shape index (κ2) is 11.3. The minimum Gasteiger partial charge on any atom is -0.368 e. The average Bonchev–Trinajstić information content (AvgIpc) is 3.40. The molecule has 4 aromatic rings. The monoisotopic (exact) mass is 562 g/mol. The van der Waals surface area contributed by atoms with Gasteiger partial charge in [0.25, 0.3) is 5.91 Å². The second-order valence-corrected chi connectivity index (χ2v) is 11.0. The molecule has 0 radical (unpaired) electrons. The molecule has 4 N–H and O–H groups in total. The Hall–Kier alpha value is -4.67. The highest BCUT2D eigenvalue weighted by Gasteiger charge is 2.49. The van der Waals surface area contributed by atoms with Crippen molar-refractivity contribution >= 4 is 29.1 Å². The van der Waals surface area contributed by atoms with E-state index in [2.05, 4.69) is 42.4 Å². The number of nitrogens with zero attached hydrogens (tertiary/aromatic N) is 5. The summed E-state index contributed by atoms with van der Waals surface area (Å²) in [4.78, 5) is 43.8. The van der Waals surface area contributed by atoms with Crippen molar-refractivity contribution in [2.75, 3.05) is 43.9 Å². The van der Waals surface area contributed by atoms with Crippen molar-refractivity contribution in [1.29, 1.82) is 0 Å². The molecule has 1 aliphatic carbocycles. The lowest BCUT2D eigenvalue weighted by Crippen LogP contribution is -2.59. The lowest BCUT2D eigenvalue weighted by molar-refractivity contribution is -0.132. The van der Waals surface area contributed by atoms with Crippen LogP contribution in [-0.2, 0) is 16.8 Å². The molecule has 214 valence electrons. The van der Waals surface area contributed by atoms with E-state index in [0.717, 1.165) is 59.8 Å². The SMILES string of the molecule is Cc1ccc(NC(=O)c2ccc3c(c2)CCC3(C(N)=O)N2CCN(C)CC2)cc1Nc1nccc(-c2cccnc2)n1. The van der Waals surface area contributed by atoms with Crippen LogP contribution < -0.4 is 16.4 Å². The molecule has 2 aromatic carbocycles. The third kappa shape index (κ3) is 5.22. The van der Waals surface area contributed by atoms with E-state index in [1.807, 2.05) is 55.5 Å². The summed E-state index contributed by atoms with van der Waals surface area (Å²) < 4.78 is 0. The molecule has 10 heteroatoms. The average molecular weight is 563 g/mol. The fourth-order valence-electron chi connectivity index (χ4n) is 5.98. The molecule has 42 heavy (non-hydrogen) atoms. The van der Waals surface area contributed by atoms with Gasteiger partial charge in [-0.3, -0.25) is 19.5 Å². The summed E-state index contributed by atoms with van der Waals surface area (Å²) in [5, 5.41) is 6.29. The number of carbonyl (C=O) groups is 2. The zero-order chi connectivity index (χ0) is 29.3. The van der Waals surface area contributed by atoms with Crippen LogP contribution in [0, 0.1) is 6.92 Å². The predicted octanol–water partition coefficient (Wildman–Crippen LogP) is 3.72. The van der Waals surface area contributed by atoms with Crippen LogP contribution in [0.2, 0.25) is 0 Å². The van der Waals surface area contributed by atoms with Crippen molar-refractivity contribution in [3.05, 3.63) is 95.4 Å². The van der Waals surface area contributed by atoms with Gasteiger partial charge in [0.15, 0.2) is 0 Å². The minimum atomic E-state index is -0.820. The van der Waals surface area contributed by atoms with Crippen molar-refractivity contribution < 1.29 is 9.59 Å². The Bertz CT molecular complexity index is 1640. The zero-order valence-electron chi connectivity index (χ0n) is 23.8. The first-order valence-electron chi connectivity index (χ1n) is 14.1. The van der Waals surface area contributed by atoms with E-state index in [1.54, 1.807) is 24.7 Å². The van der Waals surface area contributed by atoms with Gasteiger partial charge in [0.05, 0.1) is 5.69 Å². The highest BCUT2D eigenvalue weighted by atomic mass is 16.2. The fraction of sp³-hybridized carbons (Fsp3) is 0.281. The van der Waals surface area contributed by atoms with Crippen LogP contribution in [0.15, 0.2) is 73.2 Å². The van der Waals surface area contributed by atoms with Crippen LogP contribution in [-0.4, -0.2) is 69.8 Å². The molecule has 3 heterocycles. The van der Waals surface area contributed by atoms with Crippen LogP contribution in [0.25, 0.3) is 11.3 Å². The van der Waals surface area contributed by atoms with Crippen LogP contribution in [0.1, 0.15) is 33.5 Å². The Labute approximate surface area is 245 Å². The number of hydrogen-bond donors (Lipinski definition) is 3. The standard InChI is InChI=1S/C32H34N8O2/c1-21-5-7-25(19-28(21)38-31-35-13-10-27(37-31)24-4-3-12-34-20-24)36-29(41)23-6-8-26-22(18-23)9-11-32(26,30(33)42)40-16-14-39(2)15-17-40/h3-8,10,12-13,18-20H,9,11,14-17H2,1-2H3,(H2,33,42)(H,36,41)(H,35,37,38). The molecule has 1 atom stereocenters. The number of aromatic nitrogens is 3. The van der Waals surface area contributed by atoms with Crippen molar-refractivity contribution in [1.82, 2.24) is 24.8 Å². The Morgan fingerprint density at radius 3 is 2.60 bits per heavy atom. The van der Waals surface area contributed by atoms with E-state index in [9.17, 15) is 9.59 Å². The summed E-state index contributed by atoms with van der Waals surface area (Å²) in [5.41, 5.74) is 11.7. The highest BCUT2D eigenvalue weighted by Crippen LogP contribution is 2.42. The quantitative estimate of drug-likeness (QED) is 0.311. The molecule has 1 aliphatic heterocycles. The molecule has 0 spiro atoms. The maximum Gasteiger partial charge on any atom is 0.255 e. The van der Waals surface area contributed by atoms with E-state index in [-0.39, 0.29) is 11.8 Å². The predicted molar refractivity (Wildman–Crippen MR) is 162 cm³/mol. The maximum absolute atomic E-state index is 13.3. The number of fused-ring (bicyclic) bond motifs is 1. The fourth-order valence-corrected chi connectivity index (χ4v) is 5.98. The van der Waals surface area contributed by atoms with Gasteiger partial charge in [0, 0.05) is 67.3 Å². The van der Waals surface area contributed by atoms with Crippen LogP contribution in [0.5, 0.6) is 0 Å². The topological polar surface area (TPSA) is 129 Å². The normalized spacial score (nSPS) is 18.8. The number of rotatable bonds is 7. The Morgan fingerprint density at radius 1 is 1.00 bits per heavy atom. The number of aryl methyl sites for hydroxylation is 2. The highest BCUT2D eigenvalue weighted by molar-refractivity contribution is 6.05. The van der Waals surface area contributed by atoms with Gasteiger partial charge in [-0.15, -0.1) is 0 Å². The van der Waals surface area contributed by atoms with Gasteiger partial charge in [-0.25, -0.2) is 9.97 Å². The van der Waals surface area contributed by atoms with Crippen molar-refractivity contribution in [2.24, 2.45) is 5.73 Å². The number of nitrogens with two attached hydrogens (primary N) is 1. The summed E-state index contributed by atoms with van der Waals surface area (Å²) in [6.07, 6.45) is 6.50. The molecule has 0 saturated carbocycles. The van der Waals surface area contributed by atoms with Gasteiger partial charge in [-0.1, -0.05) is 12.1 Å². The molecule has 10 nitrogen and oxygen atoms in total. The number of pyridine rings is 1. The Kier molecular flexibility index (Phi) is 7.40. The first kappa shape index (κ1) is 27.5. The number of nitrogens with one attached hydrogen (secondary N) is 2. The Morgan fingerprint density at radius 2 is 1.83 bits per heavy atom. The van der Waals surface area contributed by atoms with Crippen molar-refractivity contribution in [3.63, 3.8) is 0 Å². The van der Waals surface area contributed by atoms with Gasteiger partial charge in [-0.05, 0) is 86.0 Å². The molecule has 2 aliphatic rings. The van der Waals surface area contributed by atoms with Gasteiger partial charge in [0.2, 0.25) is 11.9 Å². The maximum atomic E-state index is 13.3. The summed E-state index contributed by atoms with van der Waals surface area (Å²) >= 11 is 0. The number of primary amides is 1. The molecule has 6 rings (SSSR count). The number of benzene rings is 2. The first-order valence-corrected chi connectivity index (χ1v) is 14.1. The Balaban J connectivity index is 1.19. The number of carbonyl (C=O) groups excluding carboxylic acids is 2. The van der Waals surface area contributed by atoms with Gasteiger partial charge in [-0.2, -0.15) is 0 Å². The van der Waals surface area contributed by atoms with E-state index < -0.39 is 5.54 Å². The summed E-state index contributed by atoms with van der Waals surface area (Å²) in [6.45, 7) is 5.32. The number of hydrogen-bond acceptors (Lipinski definition) is 8. The van der Waals surface area contributed by atoms with Crippen LogP contribution >= 0.6 is 0 Å². The first-order chi connectivity index (χ1) is 20.3. The molecular formula is C32H34N8O2. The van der Waals surface area contributed by atoms with E-state index >= 15 is 0 Å². The van der Waals surface area contributed by atoms with E-state index in [1.165, 1.54) is 0 Å². The number of anilines is 3. The smallest absolute Gasteiger partial charge is 0.255 e. The molecular weight excluding hydrogens is 528 g/mol. The van der Waals surface area contributed by atoms with Gasteiger partial charge < -0.3 is 21.3 Å². The van der Waals surface area contributed by atoms with Crippen LogP contribution in [0.4, 0.5) is 17.3 Å². The third-order valence-corrected chi connectivity index (χ3v) is 8.37. The van der Waals surface area contributed by atoms with Gasteiger partial charge in [0.1, 0.15) is 5.54 Å². The molecule has 1 fully saturated rings. The molecule has 1 unspecified atom stereocenters. The summed E-state index contributed by atoms with van der Waals surface area (Å²) in [7, 11) is 2.09. The van der Waals surface area contributed by atoms with Crippen LogP contribution in [0.3, 0.4) is 0 Å². The summed E-state index contributed by atoms with van der Waals surface area (Å²) in [6, 6.07) is 16.9. The number of likely N-dealkylation sites (N-methyl/N-ethyl adjacent to an activating group) is 1. The molecule has 1 saturated heterocycles. The van der Waals surface area contributed by atoms with Crippen molar-refractivity contribution in [2.45, 2.75) is 25.3 Å². The largest absolute Gasteiger partial charge is 0.368 e. The van der Waals surface area contributed by atoms with E-state index in [0.29, 0.717) is 30.0 Å². The van der Waals surface area contributed by atoms with E-state index in [4.69, 9.17) is 5.73 Å². The lowest BCUT2D eigenvalue weighted by atomic mass is 9.87. The minimum absolute atomic E-state index is 0.224. The van der Waals surface area contributed by atoms with Crippen molar-refractivity contribution in [3.8, 4) is 11.3 Å². The molecule has 2 aromatic heterocycles. The number of amides is 2. The lowest BCUT2D eigenvalue weighted by Gasteiger charge is -2.43.